The van der Waals surface area contributed by atoms with Crippen molar-refractivity contribution < 1.29 is 0 Å². The van der Waals surface area contributed by atoms with Gasteiger partial charge in [-0.2, -0.15) is 0 Å². The second-order valence-corrected chi connectivity index (χ2v) is 5.09. The molecule has 0 saturated carbocycles. The molecule has 3 N–H and O–H groups in total. The number of aryl methyl sites for hydroxylation is 2. The number of nitrogens with zero attached hydrogens (tertiary/aromatic N) is 3. The molecule has 17 heavy (non-hydrogen) atoms. The van der Waals surface area contributed by atoms with Gasteiger partial charge in [-0.15, -0.1) is 11.3 Å². The van der Waals surface area contributed by atoms with E-state index in [0.717, 1.165) is 22.8 Å². The Labute approximate surface area is 104 Å². The minimum absolute atomic E-state index is 0.0250. The zero-order chi connectivity index (χ0) is 12.3. The summed E-state index contributed by atoms with van der Waals surface area (Å²) in [6.07, 6.45) is 3.98. The molecular weight excluding hydrogens is 234 g/mol. The van der Waals surface area contributed by atoms with Gasteiger partial charge in [-0.05, 0) is 19.9 Å². The van der Waals surface area contributed by atoms with Gasteiger partial charge in [0.05, 0.1) is 22.4 Å². The molecule has 0 aliphatic heterocycles. The Hall–Kier alpha value is -1.37. The third-order valence-electron chi connectivity index (χ3n) is 2.61. The Morgan fingerprint density at radius 1 is 1.47 bits per heavy atom. The lowest BCUT2D eigenvalue weighted by Crippen LogP contribution is -2.30. The van der Waals surface area contributed by atoms with Crippen LogP contribution in [0.3, 0.4) is 0 Å². The predicted octanol–water partition coefficient (Wildman–Crippen LogP) is 1.30. The minimum Gasteiger partial charge on any atom is -0.271 e. The van der Waals surface area contributed by atoms with E-state index in [0.29, 0.717) is 0 Å². The fourth-order valence-electron chi connectivity index (χ4n) is 1.56. The zero-order valence-electron chi connectivity index (χ0n) is 9.84. The molecule has 1 unspecified atom stereocenters. The van der Waals surface area contributed by atoms with Gasteiger partial charge in [0.1, 0.15) is 6.33 Å². The summed E-state index contributed by atoms with van der Waals surface area (Å²) in [5.41, 5.74) is 4.74. The monoisotopic (exact) mass is 249 g/mol. The number of hydrogen-bond acceptors (Lipinski definition) is 6. The van der Waals surface area contributed by atoms with Crippen LogP contribution < -0.4 is 11.3 Å². The summed E-state index contributed by atoms with van der Waals surface area (Å²) in [6, 6.07) is 1.83. The molecule has 0 amide bonds. The molecule has 0 bridgehead atoms. The van der Waals surface area contributed by atoms with E-state index in [9.17, 15) is 0 Å². The standard InChI is InChI=1S/C11H15N5S/c1-7-8(2)17-11(15-7)5-10(16-12)9-3-4-13-6-14-9/h3-4,6,10,16H,5,12H2,1-2H3. The number of nitrogens with two attached hydrogens (primary N) is 1. The molecule has 0 radical (unpaired) electrons. The van der Waals surface area contributed by atoms with Crippen LogP contribution in [0.5, 0.6) is 0 Å². The average molecular weight is 249 g/mol. The molecule has 0 aromatic carbocycles. The van der Waals surface area contributed by atoms with Gasteiger partial charge in [-0.25, -0.2) is 15.0 Å². The van der Waals surface area contributed by atoms with Crippen LogP contribution in [0.4, 0.5) is 0 Å². The Morgan fingerprint density at radius 3 is 2.82 bits per heavy atom. The van der Waals surface area contributed by atoms with E-state index < -0.39 is 0 Å². The first-order valence-corrected chi connectivity index (χ1v) is 6.17. The normalized spacial score (nSPS) is 12.6. The fraction of sp³-hybridized carbons (Fsp3) is 0.364. The number of hydrogen-bond donors (Lipinski definition) is 2. The molecule has 2 aromatic heterocycles. The van der Waals surface area contributed by atoms with Crippen LogP contribution in [0.25, 0.3) is 0 Å². The summed E-state index contributed by atoms with van der Waals surface area (Å²) >= 11 is 1.70. The zero-order valence-corrected chi connectivity index (χ0v) is 10.7. The second-order valence-electron chi connectivity index (χ2n) is 3.81. The van der Waals surface area contributed by atoms with Gasteiger partial charge in [-0.1, -0.05) is 0 Å². The van der Waals surface area contributed by atoms with Crippen molar-refractivity contribution in [1.82, 2.24) is 20.4 Å². The van der Waals surface area contributed by atoms with E-state index in [-0.39, 0.29) is 6.04 Å². The molecule has 2 aromatic rings. The maximum Gasteiger partial charge on any atom is 0.115 e. The summed E-state index contributed by atoms with van der Waals surface area (Å²) < 4.78 is 0. The highest BCUT2D eigenvalue weighted by Crippen LogP contribution is 2.21. The number of nitrogens with one attached hydrogen (secondary N) is 1. The van der Waals surface area contributed by atoms with E-state index in [1.54, 1.807) is 17.5 Å². The van der Waals surface area contributed by atoms with Crippen molar-refractivity contribution in [3.63, 3.8) is 0 Å². The molecule has 0 aliphatic rings. The lowest BCUT2D eigenvalue weighted by atomic mass is 10.1. The molecule has 1 atom stereocenters. The predicted molar refractivity (Wildman–Crippen MR) is 67.4 cm³/mol. The maximum atomic E-state index is 5.56. The van der Waals surface area contributed by atoms with Crippen molar-refractivity contribution in [3.05, 3.63) is 39.9 Å². The Balaban J connectivity index is 2.15. The smallest absolute Gasteiger partial charge is 0.115 e. The first kappa shape index (κ1) is 12.1. The van der Waals surface area contributed by atoms with Gasteiger partial charge in [0.15, 0.2) is 0 Å². The minimum atomic E-state index is -0.0250. The first-order valence-electron chi connectivity index (χ1n) is 5.35. The lowest BCUT2D eigenvalue weighted by molar-refractivity contribution is 0.535. The average Bonchev–Trinajstić information content (AvgIpc) is 2.67. The van der Waals surface area contributed by atoms with Crippen molar-refractivity contribution in [2.24, 2.45) is 5.84 Å². The van der Waals surface area contributed by atoms with Crippen LogP contribution in [0, 0.1) is 13.8 Å². The highest BCUT2D eigenvalue weighted by atomic mass is 32.1. The molecule has 0 saturated heterocycles. The summed E-state index contributed by atoms with van der Waals surface area (Å²) in [7, 11) is 0. The molecule has 90 valence electrons. The number of hydrazine groups is 1. The van der Waals surface area contributed by atoms with E-state index in [1.807, 2.05) is 13.0 Å². The van der Waals surface area contributed by atoms with Gasteiger partial charge >= 0.3 is 0 Å². The van der Waals surface area contributed by atoms with Crippen LogP contribution in [0.2, 0.25) is 0 Å². The van der Waals surface area contributed by atoms with Crippen LogP contribution in [-0.2, 0) is 6.42 Å². The third-order valence-corrected chi connectivity index (χ3v) is 3.71. The molecular formula is C11H15N5S. The Morgan fingerprint density at radius 2 is 2.29 bits per heavy atom. The Kier molecular flexibility index (Phi) is 3.78. The largest absolute Gasteiger partial charge is 0.271 e. The van der Waals surface area contributed by atoms with Crippen LogP contribution in [0.15, 0.2) is 18.6 Å². The summed E-state index contributed by atoms with van der Waals surface area (Å²) in [6.45, 7) is 4.09. The van der Waals surface area contributed by atoms with Gasteiger partial charge in [0.25, 0.3) is 0 Å². The maximum absolute atomic E-state index is 5.56. The third kappa shape index (κ3) is 2.85. The molecule has 2 heterocycles. The summed E-state index contributed by atoms with van der Waals surface area (Å²) in [5, 5.41) is 1.07. The number of thiazole rings is 1. The van der Waals surface area contributed by atoms with Crippen molar-refractivity contribution in [3.8, 4) is 0 Å². The Bertz CT molecular complexity index is 462. The van der Waals surface area contributed by atoms with Gasteiger partial charge in [0, 0.05) is 17.5 Å². The van der Waals surface area contributed by atoms with Crippen molar-refractivity contribution in [2.75, 3.05) is 0 Å². The van der Waals surface area contributed by atoms with Gasteiger partial charge in [0.2, 0.25) is 0 Å². The van der Waals surface area contributed by atoms with Crippen molar-refractivity contribution in [1.29, 1.82) is 0 Å². The van der Waals surface area contributed by atoms with E-state index in [2.05, 4.69) is 27.3 Å². The van der Waals surface area contributed by atoms with Gasteiger partial charge in [-0.3, -0.25) is 11.3 Å². The topological polar surface area (TPSA) is 76.7 Å². The van der Waals surface area contributed by atoms with Crippen LogP contribution in [-0.4, -0.2) is 15.0 Å². The first-order chi connectivity index (χ1) is 8.20. The molecule has 0 fully saturated rings. The van der Waals surface area contributed by atoms with Crippen molar-refractivity contribution in [2.45, 2.75) is 26.3 Å². The van der Waals surface area contributed by atoms with E-state index in [1.165, 1.54) is 11.2 Å². The number of rotatable bonds is 4. The van der Waals surface area contributed by atoms with Crippen LogP contribution in [0.1, 0.15) is 27.3 Å². The lowest BCUT2D eigenvalue weighted by Gasteiger charge is -2.12. The SMILES string of the molecule is Cc1nc(CC(NN)c2ccncn2)sc1C. The molecule has 2 rings (SSSR count). The van der Waals surface area contributed by atoms with Crippen molar-refractivity contribution >= 4 is 11.3 Å². The molecule has 5 nitrogen and oxygen atoms in total. The molecule has 6 heteroatoms. The highest BCUT2D eigenvalue weighted by Gasteiger charge is 2.14. The molecule has 0 spiro atoms. The second kappa shape index (κ2) is 5.31. The van der Waals surface area contributed by atoms with E-state index >= 15 is 0 Å². The fourth-order valence-corrected chi connectivity index (χ4v) is 2.54. The van der Waals surface area contributed by atoms with Crippen LogP contribution >= 0.6 is 11.3 Å². The summed E-state index contributed by atoms with van der Waals surface area (Å²) in [4.78, 5) is 13.8. The van der Waals surface area contributed by atoms with E-state index in [4.69, 9.17) is 5.84 Å². The summed E-state index contributed by atoms with van der Waals surface area (Å²) in [5.74, 6) is 5.56. The highest BCUT2D eigenvalue weighted by molar-refractivity contribution is 7.11. The van der Waals surface area contributed by atoms with Gasteiger partial charge < -0.3 is 0 Å². The molecule has 0 aliphatic carbocycles. The quantitative estimate of drug-likeness (QED) is 0.631. The number of aromatic nitrogens is 3.